The first-order chi connectivity index (χ1) is 10.1. The number of hydrogen-bond donors (Lipinski definition) is 0. The van der Waals surface area contributed by atoms with Crippen molar-refractivity contribution in [2.24, 2.45) is 0 Å². The van der Waals surface area contributed by atoms with Gasteiger partial charge in [-0.3, -0.25) is 0 Å². The highest BCUT2D eigenvalue weighted by Crippen LogP contribution is 2.43. The van der Waals surface area contributed by atoms with Crippen molar-refractivity contribution in [2.45, 2.75) is 4.83 Å². The number of rotatable bonds is 3. The van der Waals surface area contributed by atoms with Crippen molar-refractivity contribution in [1.82, 2.24) is 0 Å². The highest BCUT2D eigenvalue weighted by molar-refractivity contribution is 9.10. The summed E-state index contributed by atoms with van der Waals surface area (Å²) >= 11 is 15.2. The first-order valence-electron chi connectivity index (χ1n) is 6.25. The summed E-state index contributed by atoms with van der Waals surface area (Å²) in [5, 5.41) is 4.10. The van der Waals surface area contributed by atoms with Crippen LogP contribution in [0.1, 0.15) is 16.0 Å². The monoisotopic (exact) mass is 444 g/mol. The maximum atomic E-state index is 6.04. The van der Waals surface area contributed by atoms with Gasteiger partial charge in [0.15, 0.2) is 0 Å². The highest BCUT2D eigenvalue weighted by atomic mass is 79.9. The van der Waals surface area contributed by atoms with Gasteiger partial charge in [0.2, 0.25) is 0 Å². The first-order valence-corrected chi connectivity index (χ1v) is 9.21. The van der Waals surface area contributed by atoms with E-state index in [4.69, 9.17) is 16.3 Å². The molecule has 1 unspecified atom stereocenters. The Morgan fingerprint density at radius 3 is 2.76 bits per heavy atom. The second-order valence-corrected chi connectivity index (χ2v) is 7.64. The van der Waals surface area contributed by atoms with Gasteiger partial charge in [0.25, 0.3) is 0 Å². The Morgan fingerprint density at radius 2 is 2.00 bits per heavy atom. The van der Waals surface area contributed by atoms with E-state index in [0.717, 1.165) is 15.8 Å². The number of hydrogen-bond acceptors (Lipinski definition) is 2. The third kappa shape index (κ3) is 2.87. The summed E-state index contributed by atoms with van der Waals surface area (Å²) in [6.07, 6.45) is 0. The number of methoxy groups -OCH3 is 1. The summed E-state index contributed by atoms with van der Waals surface area (Å²) in [6, 6.07) is 12.0. The van der Waals surface area contributed by atoms with E-state index in [9.17, 15) is 0 Å². The molecule has 0 aliphatic carbocycles. The van der Waals surface area contributed by atoms with Crippen LogP contribution in [0.4, 0.5) is 0 Å². The van der Waals surface area contributed by atoms with Crippen LogP contribution in [-0.2, 0) is 0 Å². The normalized spacial score (nSPS) is 12.6. The zero-order valence-electron chi connectivity index (χ0n) is 11.1. The Kier molecular flexibility index (Phi) is 4.60. The SMILES string of the molecule is COc1cc(Cl)ccc1C(Br)c1csc2c(Br)cccc12. The molecule has 0 saturated heterocycles. The summed E-state index contributed by atoms with van der Waals surface area (Å²) in [6.45, 7) is 0. The summed E-state index contributed by atoms with van der Waals surface area (Å²) in [4.78, 5) is 0.0627. The first kappa shape index (κ1) is 15.3. The molecule has 3 aromatic rings. The molecule has 3 rings (SSSR count). The molecular formula is C16H11Br2ClOS. The Hall–Kier alpha value is -0.550. The number of fused-ring (bicyclic) bond motifs is 1. The molecule has 108 valence electrons. The largest absolute Gasteiger partial charge is 0.496 e. The second-order valence-electron chi connectivity index (χ2n) is 4.56. The van der Waals surface area contributed by atoms with E-state index in [1.54, 1.807) is 18.4 Å². The molecule has 0 spiro atoms. The minimum Gasteiger partial charge on any atom is -0.496 e. The minimum atomic E-state index is 0.0627. The lowest BCUT2D eigenvalue weighted by Crippen LogP contribution is -1.96. The minimum absolute atomic E-state index is 0.0627. The van der Waals surface area contributed by atoms with Crippen LogP contribution in [0.15, 0.2) is 46.3 Å². The average molecular weight is 447 g/mol. The van der Waals surface area contributed by atoms with E-state index in [1.807, 2.05) is 18.2 Å². The van der Waals surface area contributed by atoms with Crippen LogP contribution < -0.4 is 4.74 Å². The lowest BCUT2D eigenvalue weighted by Gasteiger charge is -2.14. The van der Waals surface area contributed by atoms with Gasteiger partial charge in [-0.05, 0) is 50.5 Å². The quantitative estimate of drug-likeness (QED) is 0.402. The molecule has 0 radical (unpaired) electrons. The molecule has 0 saturated carbocycles. The van der Waals surface area contributed by atoms with Crippen LogP contribution in [0.2, 0.25) is 5.02 Å². The summed E-state index contributed by atoms with van der Waals surface area (Å²) in [5.74, 6) is 0.790. The zero-order valence-corrected chi connectivity index (χ0v) is 15.8. The van der Waals surface area contributed by atoms with Gasteiger partial charge in [-0.25, -0.2) is 0 Å². The molecule has 1 nitrogen and oxygen atoms in total. The van der Waals surface area contributed by atoms with Gasteiger partial charge in [-0.15, -0.1) is 11.3 Å². The number of halogens is 3. The number of benzene rings is 2. The molecular weight excluding hydrogens is 436 g/mol. The highest BCUT2D eigenvalue weighted by Gasteiger charge is 2.19. The molecule has 0 aliphatic rings. The predicted molar refractivity (Wildman–Crippen MR) is 98.3 cm³/mol. The summed E-state index contributed by atoms with van der Waals surface area (Å²) < 4.78 is 7.84. The maximum Gasteiger partial charge on any atom is 0.125 e. The van der Waals surface area contributed by atoms with Crippen molar-refractivity contribution >= 4 is 64.9 Å². The topological polar surface area (TPSA) is 9.23 Å². The van der Waals surface area contributed by atoms with Crippen molar-refractivity contribution in [3.63, 3.8) is 0 Å². The lowest BCUT2D eigenvalue weighted by atomic mass is 10.0. The van der Waals surface area contributed by atoms with Crippen LogP contribution in [0.5, 0.6) is 5.75 Å². The van der Waals surface area contributed by atoms with E-state index >= 15 is 0 Å². The van der Waals surface area contributed by atoms with Crippen molar-refractivity contribution in [3.05, 3.63) is 62.4 Å². The van der Waals surface area contributed by atoms with Gasteiger partial charge in [0, 0.05) is 19.8 Å². The Labute approximate surface area is 149 Å². The fourth-order valence-electron chi connectivity index (χ4n) is 2.30. The van der Waals surface area contributed by atoms with Gasteiger partial charge in [-0.2, -0.15) is 0 Å². The number of ether oxygens (including phenoxy) is 1. The maximum absolute atomic E-state index is 6.04. The molecule has 0 N–H and O–H groups in total. The fraction of sp³-hybridized carbons (Fsp3) is 0.125. The Balaban J connectivity index is 2.13. The molecule has 1 aromatic heterocycles. The van der Waals surface area contributed by atoms with Crippen molar-refractivity contribution < 1.29 is 4.74 Å². The van der Waals surface area contributed by atoms with Gasteiger partial charge in [0.1, 0.15) is 5.75 Å². The Bertz CT molecular complexity index is 800. The molecule has 0 amide bonds. The average Bonchev–Trinajstić information content (AvgIpc) is 2.92. The van der Waals surface area contributed by atoms with Crippen molar-refractivity contribution in [2.75, 3.05) is 7.11 Å². The van der Waals surface area contributed by atoms with E-state index in [1.165, 1.54) is 15.6 Å². The van der Waals surface area contributed by atoms with E-state index in [-0.39, 0.29) is 4.83 Å². The van der Waals surface area contributed by atoms with Crippen LogP contribution >= 0.6 is 54.8 Å². The van der Waals surface area contributed by atoms with E-state index in [2.05, 4.69) is 55.4 Å². The van der Waals surface area contributed by atoms with Gasteiger partial charge >= 0.3 is 0 Å². The van der Waals surface area contributed by atoms with Gasteiger partial charge in [0.05, 0.1) is 11.9 Å². The zero-order chi connectivity index (χ0) is 15.0. The predicted octanol–water partition coefficient (Wildman–Crippen LogP) is 6.81. The molecule has 0 bridgehead atoms. The molecule has 0 aliphatic heterocycles. The second kappa shape index (κ2) is 6.29. The van der Waals surface area contributed by atoms with Crippen molar-refractivity contribution in [1.29, 1.82) is 0 Å². The molecule has 1 heterocycles. The fourth-order valence-corrected chi connectivity index (χ4v) is 5.04. The van der Waals surface area contributed by atoms with E-state index < -0.39 is 0 Å². The smallest absolute Gasteiger partial charge is 0.125 e. The van der Waals surface area contributed by atoms with Crippen LogP contribution in [-0.4, -0.2) is 7.11 Å². The molecule has 0 fully saturated rings. The molecule has 2 aromatic carbocycles. The van der Waals surface area contributed by atoms with Crippen LogP contribution in [0, 0.1) is 0 Å². The molecule has 1 atom stereocenters. The number of alkyl halides is 1. The summed E-state index contributed by atoms with van der Waals surface area (Å²) in [7, 11) is 1.66. The molecule has 21 heavy (non-hydrogen) atoms. The molecule has 5 heteroatoms. The van der Waals surface area contributed by atoms with Crippen molar-refractivity contribution in [3.8, 4) is 5.75 Å². The summed E-state index contributed by atoms with van der Waals surface area (Å²) in [5.41, 5.74) is 2.30. The van der Waals surface area contributed by atoms with E-state index in [0.29, 0.717) is 5.02 Å². The van der Waals surface area contributed by atoms with Crippen LogP contribution in [0.3, 0.4) is 0 Å². The Morgan fingerprint density at radius 1 is 1.19 bits per heavy atom. The number of thiophene rings is 1. The van der Waals surface area contributed by atoms with Gasteiger partial charge in [-0.1, -0.05) is 45.7 Å². The third-order valence-corrected chi connectivity index (χ3v) is 6.52. The van der Waals surface area contributed by atoms with Gasteiger partial charge < -0.3 is 4.74 Å². The lowest BCUT2D eigenvalue weighted by molar-refractivity contribution is 0.410. The standard InChI is InChI=1S/C16H11Br2ClOS/c1-20-14-7-9(19)5-6-11(14)15(18)12-8-21-16-10(12)3-2-4-13(16)17/h2-8,15H,1H3. The third-order valence-electron chi connectivity index (χ3n) is 3.32. The van der Waals surface area contributed by atoms with Crippen LogP contribution in [0.25, 0.3) is 10.1 Å².